The molecule has 1 saturated carbocycles. The first kappa shape index (κ1) is 18.5. The summed E-state index contributed by atoms with van der Waals surface area (Å²) >= 11 is 0. The number of fused-ring (bicyclic) bond motifs is 1. The molecule has 31 heavy (non-hydrogen) atoms. The molecule has 2 saturated heterocycles. The van der Waals surface area contributed by atoms with Crippen LogP contribution in [-0.2, 0) is 4.74 Å². The first-order valence-electron chi connectivity index (χ1n) is 10.6. The van der Waals surface area contributed by atoms with E-state index < -0.39 is 6.09 Å². The molecule has 1 amide bonds. The monoisotopic (exact) mass is 417 g/mol. The molecule has 3 aliphatic rings. The number of aryl methyl sites for hydroxylation is 1. The number of carboxylic acid groups (broad SMARTS) is 1. The van der Waals surface area contributed by atoms with Crippen LogP contribution in [0.3, 0.4) is 0 Å². The number of nitrogens with zero attached hydrogens (tertiary/aromatic N) is 4. The van der Waals surface area contributed by atoms with Gasteiger partial charge in [0.05, 0.1) is 24.1 Å². The average Bonchev–Trinajstić information content (AvgIpc) is 3.46. The van der Waals surface area contributed by atoms with Crippen LogP contribution in [0.5, 0.6) is 0 Å². The quantitative estimate of drug-likeness (QED) is 0.670. The molecule has 1 aromatic carbocycles. The molecule has 2 aliphatic heterocycles. The van der Waals surface area contributed by atoms with Gasteiger partial charge in [0, 0.05) is 59.3 Å². The molecule has 3 fully saturated rings. The molecule has 1 spiro atoms. The molecule has 2 atom stereocenters. The summed E-state index contributed by atoms with van der Waals surface area (Å²) in [5, 5.41) is 12.6. The van der Waals surface area contributed by atoms with Crippen LogP contribution >= 0.6 is 0 Å². The number of hydrogen-bond acceptors (Lipinski definition) is 6. The Morgan fingerprint density at radius 2 is 2.03 bits per heavy atom. The zero-order chi connectivity index (χ0) is 21.2. The van der Waals surface area contributed by atoms with Crippen LogP contribution < -0.4 is 10.2 Å². The third kappa shape index (κ3) is 3.18. The molecule has 4 heterocycles. The van der Waals surface area contributed by atoms with Gasteiger partial charge in [-0.25, -0.2) is 14.8 Å². The zero-order valence-electron chi connectivity index (χ0n) is 17.2. The molecule has 6 rings (SSSR count). The minimum absolute atomic E-state index is 0.279. The lowest BCUT2D eigenvalue weighted by atomic mass is 9.77. The molecule has 8 heteroatoms. The van der Waals surface area contributed by atoms with E-state index in [9.17, 15) is 4.79 Å². The summed E-state index contributed by atoms with van der Waals surface area (Å²) in [5.74, 6) is 1.44. The number of ether oxygens (including phenoxy) is 1. The van der Waals surface area contributed by atoms with Crippen molar-refractivity contribution in [2.45, 2.75) is 25.2 Å². The van der Waals surface area contributed by atoms with Gasteiger partial charge < -0.3 is 14.7 Å². The van der Waals surface area contributed by atoms with E-state index in [0.717, 1.165) is 66.5 Å². The maximum atomic E-state index is 11.1. The molecule has 0 radical (unpaired) electrons. The minimum Gasteiger partial charge on any atom is -0.465 e. The predicted octanol–water partition coefficient (Wildman–Crippen LogP) is 3.53. The lowest BCUT2D eigenvalue weighted by molar-refractivity contribution is -0.126. The minimum atomic E-state index is -1.08. The third-order valence-electron chi connectivity index (χ3n) is 6.58. The molecule has 158 valence electrons. The summed E-state index contributed by atoms with van der Waals surface area (Å²) in [5.41, 5.74) is 4.79. The van der Waals surface area contributed by atoms with Crippen LogP contribution in [0, 0.1) is 12.3 Å². The number of pyridine rings is 1. The van der Waals surface area contributed by atoms with Crippen molar-refractivity contribution in [2.75, 3.05) is 36.5 Å². The van der Waals surface area contributed by atoms with E-state index in [2.05, 4.69) is 26.3 Å². The zero-order valence-corrected chi connectivity index (χ0v) is 17.2. The molecule has 0 unspecified atom stereocenters. The highest BCUT2D eigenvalue weighted by molar-refractivity contribution is 5.96. The Labute approximate surface area is 179 Å². The summed E-state index contributed by atoms with van der Waals surface area (Å²) < 4.78 is 5.43. The van der Waals surface area contributed by atoms with E-state index >= 15 is 0 Å². The van der Waals surface area contributed by atoms with E-state index in [4.69, 9.17) is 14.8 Å². The smallest absolute Gasteiger partial charge is 0.409 e. The highest BCUT2D eigenvalue weighted by atomic mass is 16.5. The summed E-state index contributed by atoms with van der Waals surface area (Å²) in [6.45, 7) is 5.62. The molecule has 3 aromatic rings. The summed E-state index contributed by atoms with van der Waals surface area (Å²) in [6.07, 6.45) is 1.71. The molecular formula is C23H23N5O3. The SMILES string of the molecule is Cc1ccnc([C@H]2C[C@@H]2c2cc(N3CC4(COC4)C3)c3ccc(NC(=O)O)cc3n2)n1. The highest BCUT2D eigenvalue weighted by Crippen LogP contribution is 2.54. The van der Waals surface area contributed by atoms with Crippen molar-refractivity contribution in [2.24, 2.45) is 5.41 Å². The maximum Gasteiger partial charge on any atom is 0.409 e. The maximum absolute atomic E-state index is 11.1. The molecule has 1 aliphatic carbocycles. The average molecular weight is 417 g/mol. The number of rotatable bonds is 4. The normalized spacial score (nSPS) is 23.3. The van der Waals surface area contributed by atoms with Crippen LogP contribution in [0.15, 0.2) is 36.5 Å². The van der Waals surface area contributed by atoms with Crippen LogP contribution in [0.4, 0.5) is 16.2 Å². The molecular weight excluding hydrogens is 394 g/mol. The van der Waals surface area contributed by atoms with Crippen LogP contribution in [-0.4, -0.2) is 52.5 Å². The molecule has 0 bridgehead atoms. The number of anilines is 2. The van der Waals surface area contributed by atoms with Gasteiger partial charge in [-0.15, -0.1) is 0 Å². The first-order valence-corrected chi connectivity index (χ1v) is 10.6. The van der Waals surface area contributed by atoms with E-state index in [1.807, 2.05) is 31.3 Å². The van der Waals surface area contributed by atoms with Crippen molar-refractivity contribution < 1.29 is 14.6 Å². The summed E-state index contributed by atoms with van der Waals surface area (Å²) in [7, 11) is 0. The van der Waals surface area contributed by atoms with E-state index in [1.54, 1.807) is 6.07 Å². The van der Waals surface area contributed by atoms with Crippen molar-refractivity contribution in [3.63, 3.8) is 0 Å². The number of benzene rings is 1. The third-order valence-corrected chi connectivity index (χ3v) is 6.58. The van der Waals surface area contributed by atoms with Gasteiger partial charge in [-0.1, -0.05) is 0 Å². The fourth-order valence-electron chi connectivity index (χ4n) is 4.84. The fourth-order valence-corrected chi connectivity index (χ4v) is 4.84. The van der Waals surface area contributed by atoms with Crippen molar-refractivity contribution in [1.82, 2.24) is 15.0 Å². The number of carbonyl (C=O) groups is 1. The van der Waals surface area contributed by atoms with Crippen LogP contribution in [0.1, 0.15) is 35.5 Å². The van der Waals surface area contributed by atoms with Gasteiger partial charge in [-0.3, -0.25) is 10.3 Å². The van der Waals surface area contributed by atoms with Crippen molar-refractivity contribution in [1.29, 1.82) is 0 Å². The van der Waals surface area contributed by atoms with Crippen LogP contribution in [0.25, 0.3) is 10.9 Å². The second-order valence-corrected chi connectivity index (χ2v) is 9.08. The van der Waals surface area contributed by atoms with Gasteiger partial charge in [0.2, 0.25) is 0 Å². The Bertz CT molecular complexity index is 1200. The van der Waals surface area contributed by atoms with Gasteiger partial charge in [-0.2, -0.15) is 0 Å². The van der Waals surface area contributed by atoms with Crippen LogP contribution in [0.2, 0.25) is 0 Å². The van der Waals surface area contributed by atoms with E-state index in [1.165, 1.54) is 0 Å². The lowest BCUT2D eigenvalue weighted by Gasteiger charge is -2.56. The molecule has 2 aromatic heterocycles. The molecule has 2 N–H and O–H groups in total. The van der Waals surface area contributed by atoms with Crippen molar-refractivity contribution in [3.05, 3.63) is 53.7 Å². The Hall–Kier alpha value is -3.26. The number of aromatic nitrogens is 3. The Balaban J connectivity index is 1.37. The lowest BCUT2D eigenvalue weighted by Crippen LogP contribution is -2.66. The standard InChI is InChI=1S/C23H23N5O3/c1-13-4-5-24-21(25-13)17-7-16(17)19-8-20(28-9-23(10-28)11-31-12-23)15-3-2-14(26-22(29)30)6-18(15)27-19/h2-6,8,16-17,26H,7,9-12H2,1H3,(H,29,30)/t16-,17-/m0/s1. The highest BCUT2D eigenvalue weighted by Gasteiger charge is 2.50. The Kier molecular flexibility index (Phi) is 3.95. The van der Waals surface area contributed by atoms with Crippen molar-refractivity contribution in [3.8, 4) is 0 Å². The summed E-state index contributed by atoms with van der Waals surface area (Å²) in [4.78, 5) is 27.5. The fraction of sp³-hybridized carbons (Fsp3) is 0.391. The predicted molar refractivity (Wildman–Crippen MR) is 116 cm³/mol. The second kappa shape index (κ2) is 6.62. The van der Waals surface area contributed by atoms with Gasteiger partial charge in [0.15, 0.2) is 0 Å². The Morgan fingerprint density at radius 3 is 2.74 bits per heavy atom. The van der Waals surface area contributed by atoms with Gasteiger partial charge in [-0.05, 0) is 43.7 Å². The van der Waals surface area contributed by atoms with E-state index in [0.29, 0.717) is 11.1 Å². The number of hydrogen-bond donors (Lipinski definition) is 2. The Morgan fingerprint density at radius 1 is 1.19 bits per heavy atom. The summed E-state index contributed by atoms with van der Waals surface area (Å²) in [6, 6.07) is 9.69. The van der Waals surface area contributed by atoms with E-state index in [-0.39, 0.29) is 11.8 Å². The first-order chi connectivity index (χ1) is 15.0. The number of nitrogens with one attached hydrogen (secondary N) is 1. The largest absolute Gasteiger partial charge is 0.465 e. The second-order valence-electron chi connectivity index (χ2n) is 9.08. The van der Waals surface area contributed by atoms with Gasteiger partial charge in [0.25, 0.3) is 0 Å². The molecule has 8 nitrogen and oxygen atoms in total. The van der Waals surface area contributed by atoms with Crippen molar-refractivity contribution >= 4 is 28.4 Å². The van der Waals surface area contributed by atoms with Gasteiger partial charge in [0.1, 0.15) is 5.82 Å². The van der Waals surface area contributed by atoms with Gasteiger partial charge >= 0.3 is 6.09 Å². The number of amides is 1. The topological polar surface area (TPSA) is 100 Å².